The summed E-state index contributed by atoms with van der Waals surface area (Å²) in [5.41, 5.74) is 1.56. The molecule has 0 amide bonds. The molecule has 0 spiro atoms. The van der Waals surface area contributed by atoms with Crippen LogP contribution in [0.4, 0.5) is 8.78 Å². The molecule has 0 saturated carbocycles. The highest BCUT2D eigenvalue weighted by Gasteiger charge is 2.10. The predicted molar refractivity (Wildman–Crippen MR) is 75.8 cm³/mol. The molecule has 0 unspecified atom stereocenters. The van der Waals surface area contributed by atoms with Gasteiger partial charge in [0.2, 0.25) is 0 Å². The average molecular weight is 326 g/mol. The monoisotopic (exact) mass is 325 g/mol. The Labute approximate surface area is 119 Å². The zero-order chi connectivity index (χ0) is 13.8. The van der Waals surface area contributed by atoms with Crippen molar-refractivity contribution in [2.75, 3.05) is 0 Å². The lowest BCUT2D eigenvalue weighted by atomic mass is 10.1. The Morgan fingerprint density at radius 2 is 1.89 bits per heavy atom. The van der Waals surface area contributed by atoms with Gasteiger partial charge in [-0.1, -0.05) is 40.2 Å². The molecule has 2 aromatic rings. The van der Waals surface area contributed by atoms with Gasteiger partial charge in [-0.2, -0.15) is 0 Å². The first-order chi connectivity index (χ1) is 9.08. The molecule has 100 valence electrons. The summed E-state index contributed by atoms with van der Waals surface area (Å²) in [5.74, 6) is -1.08. The molecule has 0 aliphatic heterocycles. The molecule has 0 radical (unpaired) electrons. The molecule has 0 aromatic heterocycles. The van der Waals surface area contributed by atoms with Gasteiger partial charge in [0.15, 0.2) is 0 Å². The van der Waals surface area contributed by atoms with E-state index in [1.807, 2.05) is 31.2 Å². The van der Waals surface area contributed by atoms with Crippen LogP contribution in [0, 0.1) is 11.6 Å². The Morgan fingerprint density at radius 3 is 2.58 bits per heavy atom. The van der Waals surface area contributed by atoms with E-state index >= 15 is 0 Å². The third-order valence-electron chi connectivity index (χ3n) is 2.99. The summed E-state index contributed by atoms with van der Waals surface area (Å²) >= 11 is 3.48. The lowest BCUT2D eigenvalue weighted by Gasteiger charge is -2.16. The van der Waals surface area contributed by atoms with Gasteiger partial charge < -0.3 is 5.32 Å². The maximum Gasteiger partial charge on any atom is 0.130 e. The van der Waals surface area contributed by atoms with Gasteiger partial charge in [-0.05, 0) is 24.6 Å². The lowest BCUT2D eigenvalue weighted by Crippen LogP contribution is -2.19. The molecule has 0 aliphatic carbocycles. The van der Waals surface area contributed by atoms with Gasteiger partial charge >= 0.3 is 0 Å². The van der Waals surface area contributed by atoms with Crippen LogP contribution < -0.4 is 5.32 Å². The Hall–Kier alpha value is -1.26. The van der Waals surface area contributed by atoms with E-state index in [4.69, 9.17) is 0 Å². The smallest absolute Gasteiger partial charge is 0.130 e. The van der Waals surface area contributed by atoms with E-state index in [1.165, 1.54) is 12.1 Å². The predicted octanol–water partition coefficient (Wildman–Crippen LogP) is 4.58. The minimum Gasteiger partial charge on any atom is -0.306 e. The average Bonchev–Trinajstić information content (AvgIpc) is 2.38. The Bertz CT molecular complexity index is 572. The number of halogens is 3. The first-order valence-electron chi connectivity index (χ1n) is 5.99. The molecule has 1 atom stereocenters. The van der Waals surface area contributed by atoms with Gasteiger partial charge in [-0.15, -0.1) is 0 Å². The number of rotatable bonds is 4. The van der Waals surface area contributed by atoms with E-state index < -0.39 is 11.6 Å². The first-order valence-corrected chi connectivity index (χ1v) is 6.79. The molecular formula is C15H14BrF2N. The summed E-state index contributed by atoms with van der Waals surface area (Å²) < 4.78 is 27.3. The van der Waals surface area contributed by atoms with Crippen LogP contribution in [0.3, 0.4) is 0 Å². The van der Waals surface area contributed by atoms with Gasteiger partial charge in [0.05, 0.1) is 0 Å². The second kappa shape index (κ2) is 6.26. The molecule has 1 N–H and O–H groups in total. The van der Waals surface area contributed by atoms with Crippen LogP contribution in [0.1, 0.15) is 24.1 Å². The van der Waals surface area contributed by atoms with E-state index in [9.17, 15) is 8.78 Å². The summed E-state index contributed by atoms with van der Waals surface area (Å²) in [6, 6.07) is 11.6. The van der Waals surface area contributed by atoms with Crippen LogP contribution in [0.5, 0.6) is 0 Å². The van der Waals surface area contributed by atoms with Crippen LogP contribution >= 0.6 is 15.9 Å². The van der Waals surface area contributed by atoms with Crippen molar-refractivity contribution in [1.82, 2.24) is 5.32 Å². The SMILES string of the molecule is C[C@H](NCc1ccc(F)cc1F)c1ccccc1Br. The van der Waals surface area contributed by atoms with Crippen molar-refractivity contribution >= 4 is 15.9 Å². The molecule has 2 aromatic carbocycles. The fourth-order valence-electron chi connectivity index (χ4n) is 1.86. The first kappa shape index (κ1) is 14.2. The zero-order valence-corrected chi connectivity index (χ0v) is 12.0. The highest BCUT2D eigenvalue weighted by molar-refractivity contribution is 9.10. The number of hydrogen-bond donors (Lipinski definition) is 1. The number of hydrogen-bond acceptors (Lipinski definition) is 1. The minimum absolute atomic E-state index is 0.0695. The molecule has 0 saturated heterocycles. The molecular weight excluding hydrogens is 312 g/mol. The summed E-state index contributed by atoms with van der Waals surface area (Å²) in [4.78, 5) is 0. The largest absolute Gasteiger partial charge is 0.306 e. The van der Waals surface area contributed by atoms with Crippen molar-refractivity contribution in [1.29, 1.82) is 0 Å². The summed E-state index contributed by atoms with van der Waals surface area (Å²) in [5, 5.41) is 3.22. The highest BCUT2D eigenvalue weighted by atomic mass is 79.9. The van der Waals surface area contributed by atoms with Gasteiger partial charge in [0.25, 0.3) is 0 Å². The molecule has 0 fully saturated rings. The Balaban J connectivity index is 2.04. The quantitative estimate of drug-likeness (QED) is 0.867. The van der Waals surface area contributed by atoms with Crippen molar-refractivity contribution < 1.29 is 8.78 Å². The summed E-state index contributed by atoms with van der Waals surface area (Å²) in [6.45, 7) is 2.36. The fourth-order valence-corrected chi connectivity index (χ4v) is 2.49. The van der Waals surface area contributed by atoms with E-state index in [-0.39, 0.29) is 6.04 Å². The topological polar surface area (TPSA) is 12.0 Å². The standard InChI is InChI=1S/C15H14BrF2N/c1-10(13-4-2-3-5-14(13)16)19-9-11-6-7-12(17)8-15(11)18/h2-8,10,19H,9H2,1H3/t10-/m0/s1. The fraction of sp³-hybridized carbons (Fsp3) is 0.200. The van der Waals surface area contributed by atoms with Gasteiger partial charge in [-0.25, -0.2) is 8.78 Å². The third kappa shape index (κ3) is 3.61. The molecule has 0 heterocycles. The third-order valence-corrected chi connectivity index (χ3v) is 3.71. The van der Waals surface area contributed by atoms with E-state index in [2.05, 4.69) is 21.2 Å². The van der Waals surface area contributed by atoms with Gasteiger partial charge in [0, 0.05) is 28.7 Å². The molecule has 4 heteroatoms. The van der Waals surface area contributed by atoms with E-state index in [1.54, 1.807) is 0 Å². The normalized spacial score (nSPS) is 12.4. The number of benzene rings is 2. The van der Waals surface area contributed by atoms with Crippen LogP contribution in [0.15, 0.2) is 46.9 Å². The minimum atomic E-state index is -0.555. The van der Waals surface area contributed by atoms with Crippen molar-refractivity contribution in [2.24, 2.45) is 0 Å². The maximum atomic E-state index is 13.5. The molecule has 2 rings (SSSR count). The van der Waals surface area contributed by atoms with E-state index in [0.29, 0.717) is 12.1 Å². The zero-order valence-electron chi connectivity index (χ0n) is 10.5. The van der Waals surface area contributed by atoms with Crippen molar-refractivity contribution in [3.8, 4) is 0 Å². The molecule has 0 bridgehead atoms. The lowest BCUT2D eigenvalue weighted by molar-refractivity contribution is 0.533. The van der Waals surface area contributed by atoms with Gasteiger partial charge in [-0.3, -0.25) is 0 Å². The summed E-state index contributed by atoms with van der Waals surface area (Å²) in [6.07, 6.45) is 0. The van der Waals surface area contributed by atoms with Crippen molar-refractivity contribution in [2.45, 2.75) is 19.5 Å². The molecule has 0 aliphatic rings. The molecule has 19 heavy (non-hydrogen) atoms. The maximum absolute atomic E-state index is 13.5. The van der Waals surface area contributed by atoms with E-state index in [0.717, 1.165) is 16.1 Å². The van der Waals surface area contributed by atoms with Crippen LogP contribution in [-0.2, 0) is 6.54 Å². The van der Waals surface area contributed by atoms with Crippen molar-refractivity contribution in [3.05, 3.63) is 69.7 Å². The second-order valence-corrected chi connectivity index (χ2v) is 5.21. The highest BCUT2D eigenvalue weighted by Crippen LogP contribution is 2.23. The molecule has 1 nitrogen and oxygen atoms in total. The van der Waals surface area contributed by atoms with Gasteiger partial charge in [0.1, 0.15) is 11.6 Å². The Morgan fingerprint density at radius 1 is 1.16 bits per heavy atom. The summed E-state index contributed by atoms with van der Waals surface area (Å²) in [7, 11) is 0. The van der Waals surface area contributed by atoms with Crippen LogP contribution in [0.25, 0.3) is 0 Å². The van der Waals surface area contributed by atoms with Crippen molar-refractivity contribution in [3.63, 3.8) is 0 Å². The Kier molecular flexibility index (Phi) is 4.66. The van der Waals surface area contributed by atoms with Crippen LogP contribution in [0.2, 0.25) is 0 Å². The van der Waals surface area contributed by atoms with Crippen LogP contribution in [-0.4, -0.2) is 0 Å². The number of nitrogens with one attached hydrogen (secondary N) is 1. The second-order valence-electron chi connectivity index (χ2n) is 4.36.